The van der Waals surface area contributed by atoms with Crippen LogP contribution >= 0.6 is 0 Å². The van der Waals surface area contributed by atoms with Crippen LogP contribution in [0.4, 0.5) is 13.2 Å². The molecule has 0 bridgehead atoms. The van der Waals surface area contributed by atoms with E-state index in [2.05, 4.69) is 5.32 Å². The SMILES string of the molecule is O=S(=O)(CC(F)(F)F)C1CCCNC1. The zero-order chi connectivity index (χ0) is 10.8. The molecule has 7 heteroatoms. The third-order valence-electron chi connectivity index (χ3n) is 2.12. The van der Waals surface area contributed by atoms with E-state index in [9.17, 15) is 21.6 Å². The fourth-order valence-corrected chi connectivity index (χ4v) is 3.06. The van der Waals surface area contributed by atoms with Crippen molar-refractivity contribution in [2.24, 2.45) is 0 Å². The largest absolute Gasteiger partial charge is 0.402 e. The Kier molecular flexibility index (Phi) is 3.41. The van der Waals surface area contributed by atoms with Crippen molar-refractivity contribution in [1.29, 1.82) is 0 Å². The maximum Gasteiger partial charge on any atom is 0.402 e. The lowest BCUT2D eigenvalue weighted by Crippen LogP contribution is -2.42. The van der Waals surface area contributed by atoms with Gasteiger partial charge in [-0.3, -0.25) is 0 Å². The van der Waals surface area contributed by atoms with Crippen LogP contribution in [0.3, 0.4) is 0 Å². The summed E-state index contributed by atoms with van der Waals surface area (Å²) in [6, 6.07) is 0. The summed E-state index contributed by atoms with van der Waals surface area (Å²) in [5, 5.41) is 1.90. The molecule has 14 heavy (non-hydrogen) atoms. The van der Waals surface area contributed by atoms with Crippen molar-refractivity contribution in [2.75, 3.05) is 18.8 Å². The Morgan fingerprint density at radius 2 is 2.00 bits per heavy atom. The summed E-state index contributed by atoms with van der Waals surface area (Å²) in [5.74, 6) is -1.70. The van der Waals surface area contributed by atoms with Crippen LogP contribution in [0.5, 0.6) is 0 Å². The van der Waals surface area contributed by atoms with Crippen molar-refractivity contribution in [3.63, 3.8) is 0 Å². The molecular formula is C7H12F3NO2S. The van der Waals surface area contributed by atoms with Gasteiger partial charge in [-0.2, -0.15) is 13.2 Å². The van der Waals surface area contributed by atoms with Crippen molar-refractivity contribution in [3.8, 4) is 0 Å². The van der Waals surface area contributed by atoms with Gasteiger partial charge in [0.1, 0.15) is 5.75 Å². The van der Waals surface area contributed by atoms with E-state index in [-0.39, 0.29) is 6.54 Å². The minimum absolute atomic E-state index is 0.137. The van der Waals surface area contributed by atoms with E-state index in [4.69, 9.17) is 0 Å². The van der Waals surface area contributed by atoms with Gasteiger partial charge in [0.25, 0.3) is 0 Å². The molecule has 1 unspecified atom stereocenters. The summed E-state index contributed by atoms with van der Waals surface area (Å²) >= 11 is 0. The van der Waals surface area contributed by atoms with E-state index in [1.165, 1.54) is 0 Å². The smallest absolute Gasteiger partial charge is 0.315 e. The molecule has 0 aromatic heterocycles. The fraction of sp³-hybridized carbons (Fsp3) is 1.00. The van der Waals surface area contributed by atoms with Gasteiger partial charge >= 0.3 is 6.18 Å². The highest BCUT2D eigenvalue weighted by Crippen LogP contribution is 2.22. The Morgan fingerprint density at radius 3 is 2.43 bits per heavy atom. The topological polar surface area (TPSA) is 46.2 Å². The van der Waals surface area contributed by atoms with Gasteiger partial charge in [-0.15, -0.1) is 0 Å². The molecular weight excluding hydrogens is 219 g/mol. The van der Waals surface area contributed by atoms with Gasteiger partial charge in [0, 0.05) is 6.54 Å². The molecule has 0 radical (unpaired) electrons. The van der Waals surface area contributed by atoms with Crippen LogP contribution < -0.4 is 5.32 Å². The number of halogens is 3. The molecule has 0 amide bonds. The number of piperidine rings is 1. The second-order valence-corrected chi connectivity index (χ2v) is 5.67. The molecule has 1 heterocycles. The Bertz CT molecular complexity index is 280. The monoisotopic (exact) mass is 231 g/mol. The molecule has 84 valence electrons. The van der Waals surface area contributed by atoms with Crippen LogP contribution in [0.1, 0.15) is 12.8 Å². The molecule has 1 aliphatic heterocycles. The number of hydrogen-bond acceptors (Lipinski definition) is 3. The van der Waals surface area contributed by atoms with Gasteiger partial charge in [0.15, 0.2) is 9.84 Å². The van der Waals surface area contributed by atoms with Gasteiger partial charge in [0.2, 0.25) is 0 Å². The molecule has 1 fully saturated rings. The highest BCUT2D eigenvalue weighted by atomic mass is 32.2. The molecule has 3 nitrogen and oxygen atoms in total. The third kappa shape index (κ3) is 3.45. The van der Waals surface area contributed by atoms with Crippen LogP contribution in [0.2, 0.25) is 0 Å². The van der Waals surface area contributed by atoms with Gasteiger partial charge < -0.3 is 5.32 Å². The van der Waals surface area contributed by atoms with Gasteiger partial charge in [-0.25, -0.2) is 8.42 Å². The Hall–Kier alpha value is -0.300. The number of alkyl halides is 3. The van der Waals surface area contributed by atoms with Crippen LogP contribution in [0.25, 0.3) is 0 Å². The van der Waals surface area contributed by atoms with Crippen LogP contribution in [0, 0.1) is 0 Å². The predicted molar refractivity (Wildman–Crippen MR) is 45.7 cm³/mol. The second-order valence-electron chi connectivity index (χ2n) is 3.39. The average molecular weight is 231 g/mol. The predicted octanol–water partition coefficient (Wildman–Crippen LogP) is 0.716. The van der Waals surface area contributed by atoms with E-state index in [0.717, 1.165) is 0 Å². The maximum atomic E-state index is 11.9. The molecule has 1 atom stereocenters. The molecule has 0 aromatic rings. The Morgan fingerprint density at radius 1 is 1.36 bits per heavy atom. The molecule has 0 aliphatic carbocycles. The summed E-state index contributed by atoms with van der Waals surface area (Å²) in [7, 11) is -4.03. The lowest BCUT2D eigenvalue weighted by molar-refractivity contribution is -0.106. The first kappa shape index (κ1) is 11.8. The van der Waals surface area contributed by atoms with Crippen molar-refractivity contribution >= 4 is 9.84 Å². The van der Waals surface area contributed by atoms with Gasteiger partial charge in [0.05, 0.1) is 5.25 Å². The van der Waals surface area contributed by atoms with Crippen molar-refractivity contribution in [1.82, 2.24) is 5.32 Å². The molecule has 1 saturated heterocycles. The molecule has 1 aliphatic rings. The van der Waals surface area contributed by atoms with Crippen LogP contribution in [0.15, 0.2) is 0 Å². The number of nitrogens with one attached hydrogen (secondary N) is 1. The molecule has 1 rings (SSSR count). The van der Waals surface area contributed by atoms with Crippen molar-refractivity contribution in [3.05, 3.63) is 0 Å². The van der Waals surface area contributed by atoms with Crippen molar-refractivity contribution in [2.45, 2.75) is 24.3 Å². The summed E-state index contributed by atoms with van der Waals surface area (Å²) in [5.41, 5.74) is 0. The Balaban J connectivity index is 2.64. The Labute approximate surface area is 80.6 Å². The molecule has 0 spiro atoms. The third-order valence-corrected chi connectivity index (χ3v) is 4.27. The first-order valence-electron chi connectivity index (χ1n) is 4.30. The average Bonchev–Trinajstić information content (AvgIpc) is 2.01. The highest BCUT2D eigenvalue weighted by Gasteiger charge is 2.39. The quantitative estimate of drug-likeness (QED) is 0.761. The van der Waals surface area contributed by atoms with E-state index in [1.807, 2.05) is 0 Å². The summed E-state index contributed by atoms with van der Waals surface area (Å²) in [6.07, 6.45) is -3.69. The zero-order valence-electron chi connectivity index (χ0n) is 7.47. The minimum Gasteiger partial charge on any atom is -0.315 e. The van der Waals surface area contributed by atoms with E-state index < -0.39 is 27.0 Å². The fourth-order valence-electron chi connectivity index (χ4n) is 1.47. The van der Waals surface area contributed by atoms with E-state index in [0.29, 0.717) is 19.4 Å². The van der Waals surface area contributed by atoms with E-state index in [1.54, 1.807) is 0 Å². The minimum atomic E-state index is -4.63. The number of sulfone groups is 1. The number of hydrogen-bond donors (Lipinski definition) is 1. The first-order chi connectivity index (χ1) is 6.31. The first-order valence-corrected chi connectivity index (χ1v) is 6.02. The molecule has 1 N–H and O–H groups in total. The zero-order valence-corrected chi connectivity index (χ0v) is 8.29. The normalized spacial score (nSPS) is 24.9. The molecule has 0 saturated carbocycles. The summed E-state index contributed by atoms with van der Waals surface area (Å²) < 4.78 is 58.2. The lowest BCUT2D eigenvalue weighted by Gasteiger charge is -2.23. The van der Waals surface area contributed by atoms with Gasteiger partial charge in [-0.1, -0.05) is 0 Å². The van der Waals surface area contributed by atoms with Crippen LogP contribution in [-0.2, 0) is 9.84 Å². The van der Waals surface area contributed by atoms with Crippen molar-refractivity contribution < 1.29 is 21.6 Å². The summed E-state index contributed by atoms with van der Waals surface area (Å²) in [4.78, 5) is 0. The maximum absolute atomic E-state index is 11.9. The van der Waals surface area contributed by atoms with E-state index >= 15 is 0 Å². The standard InChI is InChI=1S/C7H12F3NO2S/c8-7(9,10)5-14(12,13)6-2-1-3-11-4-6/h6,11H,1-5H2. The number of rotatable bonds is 2. The highest BCUT2D eigenvalue weighted by molar-refractivity contribution is 7.92. The molecule has 0 aromatic carbocycles. The van der Waals surface area contributed by atoms with Crippen LogP contribution in [-0.4, -0.2) is 38.7 Å². The summed E-state index contributed by atoms with van der Waals surface area (Å²) in [6.45, 7) is 0.816. The lowest BCUT2D eigenvalue weighted by atomic mass is 10.2. The second kappa shape index (κ2) is 4.06. The van der Waals surface area contributed by atoms with Gasteiger partial charge in [-0.05, 0) is 19.4 Å².